The topological polar surface area (TPSA) is 40.5 Å². The van der Waals surface area contributed by atoms with Gasteiger partial charge in [-0.2, -0.15) is 0 Å². The second kappa shape index (κ2) is 9.91. The first-order valence-corrected chi connectivity index (χ1v) is 12.4. The number of hydrogen-bond donors (Lipinski definition) is 2. The van der Waals surface area contributed by atoms with Crippen LogP contribution in [-0.2, 0) is 0 Å². The predicted molar refractivity (Wildman–Crippen MR) is 120 cm³/mol. The summed E-state index contributed by atoms with van der Waals surface area (Å²) in [5.41, 5.74) is 1.64. The molecule has 0 radical (unpaired) electrons. The molecule has 1 aromatic heterocycles. The molecule has 158 valence electrons. The summed E-state index contributed by atoms with van der Waals surface area (Å²) in [5.74, 6) is 2.60. The first kappa shape index (κ1) is 22.1. The van der Waals surface area contributed by atoms with Crippen molar-refractivity contribution in [3.8, 4) is 0 Å². The molecule has 0 aromatic carbocycles. The molecule has 6 atom stereocenters. The molecular formula is C25H40O2S. The molecule has 0 spiro atoms. The average Bonchev–Trinajstić information content (AvgIpc) is 3.24. The standard InChI is InChI=1S/C25H40O2S/c1-4-19(24-9-6-14-28-24)10-11-20-7-5-8-23(22(20)17-27)25(3)13-12-18(2)15-21(25)16-26/h6,9-10,14,18,20-23,26-27H,4-5,7-8,11-13,15-17H2,1-3H3/b19-10+/t18-,20-,21+,22-,23-,25-/m0/s1. The fourth-order valence-corrected chi connectivity index (χ4v) is 7.16. The van der Waals surface area contributed by atoms with E-state index >= 15 is 0 Å². The van der Waals surface area contributed by atoms with Crippen LogP contribution in [0, 0.1) is 35.0 Å². The molecule has 1 heterocycles. The summed E-state index contributed by atoms with van der Waals surface area (Å²) in [4.78, 5) is 1.39. The van der Waals surface area contributed by atoms with Crippen LogP contribution in [0.15, 0.2) is 23.6 Å². The number of aliphatic hydroxyl groups excluding tert-OH is 2. The monoisotopic (exact) mass is 404 g/mol. The minimum Gasteiger partial charge on any atom is -0.396 e. The van der Waals surface area contributed by atoms with Gasteiger partial charge in [0, 0.05) is 18.1 Å². The van der Waals surface area contributed by atoms with Gasteiger partial charge in [-0.3, -0.25) is 0 Å². The molecule has 3 rings (SSSR count). The SMILES string of the molecule is CC/C(=C\C[C@@H]1CCC[C@H]([C@@]2(C)CC[C@H](C)C[C@@H]2CO)[C@H]1CO)c1cccs1. The van der Waals surface area contributed by atoms with Crippen LogP contribution < -0.4 is 0 Å². The molecule has 1 aromatic rings. The third-order valence-electron chi connectivity index (χ3n) is 8.17. The molecule has 2 nitrogen and oxygen atoms in total. The van der Waals surface area contributed by atoms with E-state index < -0.39 is 0 Å². The van der Waals surface area contributed by atoms with Crippen LogP contribution in [0.25, 0.3) is 5.57 Å². The van der Waals surface area contributed by atoms with Gasteiger partial charge in [0.25, 0.3) is 0 Å². The summed E-state index contributed by atoms with van der Waals surface area (Å²) in [6, 6.07) is 4.36. The molecule has 0 aliphatic heterocycles. The minimum absolute atomic E-state index is 0.179. The third-order valence-corrected chi connectivity index (χ3v) is 9.12. The molecule has 2 aliphatic rings. The maximum absolute atomic E-state index is 10.4. The molecule has 0 unspecified atom stereocenters. The van der Waals surface area contributed by atoms with Crippen LogP contribution in [0.3, 0.4) is 0 Å². The van der Waals surface area contributed by atoms with E-state index in [2.05, 4.69) is 44.4 Å². The normalized spacial score (nSPS) is 37.2. The van der Waals surface area contributed by atoms with Crippen molar-refractivity contribution in [2.45, 2.75) is 72.1 Å². The Labute approximate surface area is 176 Å². The molecule has 2 aliphatic carbocycles. The summed E-state index contributed by atoms with van der Waals surface area (Å²) in [7, 11) is 0. The zero-order valence-electron chi connectivity index (χ0n) is 18.1. The zero-order chi connectivity index (χ0) is 20.1. The Kier molecular flexibility index (Phi) is 7.81. The van der Waals surface area contributed by atoms with Crippen molar-refractivity contribution in [2.24, 2.45) is 35.0 Å². The predicted octanol–water partition coefficient (Wildman–Crippen LogP) is 6.39. The van der Waals surface area contributed by atoms with Crippen LogP contribution >= 0.6 is 11.3 Å². The quantitative estimate of drug-likeness (QED) is 0.552. The Balaban J connectivity index is 1.77. The number of rotatable bonds is 7. The molecular weight excluding hydrogens is 364 g/mol. The summed E-state index contributed by atoms with van der Waals surface area (Å²) < 4.78 is 0. The molecule has 2 saturated carbocycles. The van der Waals surface area contributed by atoms with Crippen LogP contribution in [0.1, 0.15) is 77.0 Å². The van der Waals surface area contributed by atoms with Crippen molar-refractivity contribution in [2.75, 3.05) is 13.2 Å². The Morgan fingerprint density at radius 3 is 2.71 bits per heavy atom. The lowest BCUT2D eigenvalue weighted by Crippen LogP contribution is -2.48. The third kappa shape index (κ3) is 4.57. The molecule has 3 heteroatoms. The largest absolute Gasteiger partial charge is 0.396 e. The number of allylic oxidation sites excluding steroid dienone is 2. The van der Waals surface area contributed by atoms with Gasteiger partial charge in [0.05, 0.1) is 0 Å². The minimum atomic E-state index is 0.179. The average molecular weight is 405 g/mol. The smallest absolute Gasteiger partial charge is 0.0464 e. The lowest BCUT2D eigenvalue weighted by atomic mass is 9.52. The lowest BCUT2D eigenvalue weighted by molar-refractivity contribution is -0.0718. The Hall–Kier alpha value is -0.640. The van der Waals surface area contributed by atoms with Crippen LogP contribution in [-0.4, -0.2) is 23.4 Å². The molecule has 0 saturated heterocycles. The van der Waals surface area contributed by atoms with E-state index in [-0.39, 0.29) is 5.41 Å². The van der Waals surface area contributed by atoms with Gasteiger partial charge in [0.15, 0.2) is 0 Å². The van der Waals surface area contributed by atoms with E-state index in [9.17, 15) is 10.2 Å². The molecule has 0 amide bonds. The Morgan fingerprint density at radius 1 is 1.25 bits per heavy atom. The Bertz CT molecular complexity index is 623. The van der Waals surface area contributed by atoms with Gasteiger partial charge < -0.3 is 10.2 Å². The van der Waals surface area contributed by atoms with Gasteiger partial charge in [0.1, 0.15) is 0 Å². The van der Waals surface area contributed by atoms with Crippen molar-refractivity contribution in [3.05, 3.63) is 28.5 Å². The van der Waals surface area contributed by atoms with Crippen molar-refractivity contribution in [1.82, 2.24) is 0 Å². The van der Waals surface area contributed by atoms with Crippen LogP contribution in [0.4, 0.5) is 0 Å². The fourth-order valence-electron chi connectivity index (χ4n) is 6.32. The maximum atomic E-state index is 10.4. The van der Waals surface area contributed by atoms with Crippen LogP contribution in [0.2, 0.25) is 0 Å². The highest BCUT2D eigenvalue weighted by Gasteiger charge is 2.49. The Morgan fingerprint density at radius 2 is 2.07 bits per heavy atom. The summed E-state index contributed by atoms with van der Waals surface area (Å²) in [6.45, 7) is 7.60. The van der Waals surface area contributed by atoms with Crippen molar-refractivity contribution >= 4 is 16.9 Å². The van der Waals surface area contributed by atoms with Crippen molar-refractivity contribution in [3.63, 3.8) is 0 Å². The first-order valence-electron chi connectivity index (χ1n) is 11.5. The van der Waals surface area contributed by atoms with E-state index in [4.69, 9.17) is 0 Å². The van der Waals surface area contributed by atoms with E-state index in [0.717, 1.165) is 25.2 Å². The maximum Gasteiger partial charge on any atom is 0.0464 e. The van der Waals surface area contributed by atoms with E-state index in [0.29, 0.717) is 36.9 Å². The number of hydrogen-bond acceptors (Lipinski definition) is 3. The van der Waals surface area contributed by atoms with Gasteiger partial charge in [-0.05, 0) is 90.5 Å². The zero-order valence-corrected chi connectivity index (χ0v) is 18.9. The molecule has 2 N–H and O–H groups in total. The number of thiophene rings is 1. The van der Waals surface area contributed by atoms with E-state index in [1.165, 1.54) is 42.6 Å². The number of aliphatic hydroxyl groups is 2. The lowest BCUT2D eigenvalue weighted by Gasteiger charge is -2.53. The van der Waals surface area contributed by atoms with Gasteiger partial charge >= 0.3 is 0 Å². The van der Waals surface area contributed by atoms with Crippen LogP contribution in [0.5, 0.6) is 0 Å². The highest BCUT2D eigenvalue weighted by molar-refractivity contribution is 7.11. The van der Waals surface area contributed by atoms with Gasteiger partial charge in [0.2, 0.25) is 0 Å². The summed E-state index contributed by atoms with van der Waals surface area (Å²) in [6.07, 6.45) is 11.9. The molecule has 0 bridgehead atoms. The highest BCUT2D eigenvalue weighted by Crippen LogP contribution is 2.55. The van der Waals surface area contributed by atoms with Crippen molar-refractivity contribution in [1.29, 1.82) is 0 Å². The van der Waals surface area contributed by atoms with Gasteiger partial charge in [-0.25, -0.2) is 0 Å². The van der Waals surface area contributed by atoms with E-state index in [1.807, 2.05) is 11.3 Å². The highest BCUT2D eigenvalue weighted by atomic mass is 32.1. The van der Waals surface area contributed by atoms with Crippen molar-refractivity contribution < 1.29 is 10.2 Å². The molecule has 2 fully saturated rings. The van der Waals surface area contributed by atoms with Gasteiger partial charge in [-0.15, -0.1) is 11.3 Å². The van der Waals surface area contributed by atoms with E-state index in [1.54, 1.807) is 0 Å². The second-order valence-corrected chi connectivity index (χ2v) is 10.7. The first-order chi connectivity index (χ1) is 13.5. The molecule has 28 heavy (non-hydrogen) atoms. The van der Waals surface area contributed by atoms with Gasteiger partial charge in [-0.1, -0.05) is 45.8 Å². The summed E-state index contributed by atoms with van der Waals surface area (Å²) in [5, 5.41) is 22.7. The summed E-state index contributed by atoms with van der Waals surface area (Å²) >= 11 is 1.83. The second-order valence-electron chi connectivity index (χ2n) is 9.70. The fraction of sp³-hybridized carbons (Fsp3) is 0.760.